The van der Waals surface area contributed by atoms with Crippen LogP contribution in [0.25, 0.3) is 27.8 Å². The van der Waals surface area contributed by atoms with Gasteiger partial charge in [0.15, 0.2) is 17.3 Å². The number of hydrogen-bond acceptors (Lipinski definition) is 5. The lowest BCUT2D eigenvalue weighted by Crippen LogP contribution is -2.54. The van der Waals surface area contributed by atoms with E-state index in [1.165, 1.54) is 0 Å². The Morgan fingerprint density at radius 3 is 2.53 bits per heavy atom. The van der Waals surface area contributed by atoms with Gasteiger partial charge in [0.2, 0.25) is 0 Å². The highest BCUT2D eigenvalue weighted by molar-refractivity contribution is 5.94. The van der Waals surface area contributed by atoms with E-state index in [-0.39, 0.29) is 17.8 Å². The molecule has 5 heterocycles. The molecule has 0 bridgehead atoms. The van der Waals surface area contributed by atoms with Gasteiger partial charge in [0, 0.05) is 48.9 Å². The molecule has 0 spiro atoms. The van der Waals surface area contributed by atoms with Gasteiger partial charge in [-0.25, -0.2) is 18.9 Å². The van der Waals surface area contributed by atoms with Gasteiger partial charge in [-0.2, -0.15) is 5.10 Å². The van der Waals surface area contributed by atoms with Gasteiger partial charge in [-0.05, 0) is 57.2 Å². The van der Waals surface area contributed by atoms with Gasteiger partial charge in [-0.3, -0.25) is 4.90 Å². The van der Waals surface area contributed by atoms with Gasteiger partial charge in [0.25, 0.3) is 0 Å². The SMILES string of the molecule is Cc1c(-c2[nH]c3cnc(N4CCN(C(C)C)C[C@H]4C)c(F)c3c2C(C)C)cn2ncnc2c1C. The highest BCUT2D eigenvalue weighted by atomic mass is 19.1. The van der Waals surface area contributed by atoms with Crippen molar-refractivity contribution >= 4 is 22.4 Å². The van der Waals surface area contributed by atoms with Crippen molar-refractivity contribution in [1.29, 1.82) is 0 Å². The van der Waals surface area contributed by atoms with Crippen molar-refractivity contribution in [2.45, 2.75) is 66.5 Å². The third-order valence-electron chi connectivity index (χ3n) is 7.43. The molecule has 0 unspecified atom stereocenters. The molecule has 0 amide bonds. The number of aromatic nitrogens is 5. The number of nitrogens with zero attached hydrogens (tertiary/aromatic N) is 6. The molecular formula is C26H34FN7. The lowest BCUT2D eigenvalue weighted by atomic mass is 9.94. The minimum absolute atomic E-state index is 0.120. The molecule has 7 nitrogen and oxygen atoms in total. The molecule has 0 saturated carbocycles. The second kappa shape index (κ2) is 8.34. The first-order valence-electron chi connectivity index (χ1n) is 12.2. The van der Waals surface area contributed by atoms with E-state index in [2.05, 4.69) is 78.3 Å². The number of H-pyrrole nitrogens is 1. The molecule has 0 aromatic carbocycles. The fourth-order valence-corrected chi connectivity index (χ4v) is 5.38. The number of halogens is 1. The number of aryl methyl sites for hydroxylation is 1. The Morgan fingerprint density at radius 1 is 1.09 bits per heavy atom. The fourth-order valence-electron chi connectivity index (χ4n) is 5.38. The number of anilines is 1. The second-order valence-electron chi connectivity index (χ2n) is 10.2. The summed E-state index contributed by atoms with van der Waals surface area (Å²) in [6, 6.07) is 0.676. The first kappa shape index (κ1) is 22.8. The lowest BCUT2D eigenvalue weighted by molar-refractivity contribution is 0.184. The van der Waals surface area contributed by atoms with E-state index in [9.17, 15) is 0 Å². The summed E-state index contributed by atoms with van der Waals surface area (Å²) >= 11 is 0. The van der Waals surface area contributed by atoms with E-state index in [0.29, 0.717) is 17.2 Å². The van der Waals surface area contributed by atoms with Crippen LogP contribution in [0.3, 0.4) is 0 Å². The summed E-state index contributed by atoms with van der Waals surface area (Å²) < 4.78 is 18.0. The van der Waals surface area contributed by atoms with Crippen molar-refractivity contribution in [3.63, 3.8) is 0 Å². The van der Waals surface area contributed by atoms with E-state index in [1.807, 2.05) is 6.20 Å². The summed E-state index contributed by atoms with van der Waals surface area (Å²) in [6.07, 6.45) is 5.34. The molecule has 0 radical (unpaired) electrons. The van der Waals surface area contributed by atoms with E-state index in [4.69, 9.17) is 0 Å². The van der Waals surface area contributed by atoms with E-state index in [1.54, 1.807) is 17.0 Å². The number of hydrogen-bond donors (Lipinski definition) is 1. The molecular weight excluding hydrogens is 429 g/mol. The van der Waals surface area contributed by atoms with Crippen molar-refractivity contribution in [3.8, 4) is 11.3 Å². The van der Waals surface area contributed by atoms with Crippen LogP contribution in [0.1, 0.15) is 57.2 Å². The first-order valence-corrected chi connectivity index (χ1v) is 12.2. The highest BCUT2D eigenvalue weighted by Gasteiger charge is 2.30. The van der Waals surface area contributed by atoms with Crippen LogP contribution < -0.4 is 4.90 Å². The number of piperazine rings is 1. The van der Waals surface area contributed by atoms with Crippen LogP contribution in [0.5, 0.6) is 0 Å². The summed E-state index contributed by atoms with van der Waals surface area (Å²) in [5.74, 6) is 0.343. The largest absolute Gasteiger partial charge is 0.353 e. The zero-order valence-electron chi connectivity index (χ0n) is 21.1. The molecule has 1 aliphatic rings. The van der Waals surface area contributed by atoms with Crippen LogP contribution in [0, 0.1) is 19.7 Å². The summed E-state index contributed by atoms with van der Waals surface area (Å²) in [4.78, 5) is 17.1. The maximum atomic E-state index is 16.3. The fraction of sp³-hybridized carbons (Fsp3) is 0.500. The molecule has 5 rings (SSSR count). The van der Waals surface area contributed by atoms with Crippen molar-refractivity contribution in [2.75, 3.05) is 24.5 Å². The Kier molecular flexibility index (Phi) is 5.59. The standard InChI is InChI=1S/C26H34FN7/c1-14(2)21-22-20(31-24(21)19-12-34-25(29-13-30-34)18(7)17(19)6)10-28-26(23(22)27)33-9-8-32(15(3)4)11-16(33)5/h10,12-16,31H,8-9,11H2,1-7H3/t16-/m1/s1. The Morgan fingerprint density at radius 2 is 1.85 bits per heavy atom. The zero-order chi connectivity index (χ0) is 24.3. The van der Waals surface area contributed by atoms with Crippen LogP contribution in [0.4, 0.5) is 10.2 Å². The van der Waals surface area contributed by atoms with Gasteiger partial charge < -0.3 is 9.88 Å². The van der Waals surface area contributed by atoms with E-state index in [0.717, 1.165) is 58.7 Å². The predicted octanol–water partition coefficient (Wildman–Crippen LogP) is 5.07. The molecule has 1 saturated heterocycles. The number of nitrogens with one attached hydrogen (secondary N) is 1. The van der Waals surface area contributed by atoms with Crippen LogP contribution in [-0.2, 0) is 0 Å². The van der Waals surface area contributed by atoms with Gasteiger partial charge in [-0.15, -0.1) is 0 Å². The summed E-state index contributed by atoms with van der Waals surface area (Å²) in [6.45, 7) is 17.5. The van der Waals surface area contributed by atoms with Gasteiger partial charge in [-0.1, -0.05) is 13.8 Å². The molecule has 180 valence electrons. The smallest absolute Gasteiger partial charge is 0.175 e. The second-order valence-corrected chi connectivity index (χ2v) is 10.2. The highest BCUT2D eigenvalue weighted by Crippen LogP contribution is 2.40. The van der Waals surface area contributed by atoms with Crippen LogP contribution in [0.2, 0.25) is 0 Å². The lowest BCUT2D eigenvalue weighted by Gasteiger charge is -2.42. The summed E-state index contributed by atoms with van der Waals surface area (Å²) in [5.41, 5.74) is 6.66. The zero-order valence-corrected chi connectivity index (χ0v) is 21.1. The predicted molar refractivity (Wildman–Crippen MR) is 135 cm³/mol. The number of aromatic amines is 1. The Bertz CT molecular complexity index is 1370. The molecule has 1 N–H and O–H groups in total. The topological polar surface area (TPSA) is 65.4 Å². The Balaban J connectivity index is 1.67. The third-order valence-corrected chi connectivity index (χ3v) is 7.43. The minimum Gasteiger partial charge on any atom is -0.353 e. The monoisotopic (exact) mass is 463 g/mol. The molecule has 1 aliphatic heterocycles. The Hall–Kier alpha value is -3.00. The van der Waals surface area contributed by atoms with Crippen molar-refractivity contribution in [2.24, 2.45) is 0 Å². The summed E-state index contributed by atoms with van der Waals surface area (Å²) in [5, 5.41) is 4.99. The van der Waals surface area contributed by atoms with Gasteiger partial charge in [0.1, 0.15) is 6.33 Å². The third kappa shape index (κ3) is 3.47. The van der Waals surface area contributed by atoms with Crippen LogP contribution >= 0.6 is 0 Å². The van der Waals surface area contributed by atoms with Gasteiger partial charge in [0.05, 0.1) is 17.4 Å². The molecule has 1 fully saturated rings. The van der Waals surface area contributed by atoms with Crippen molar-refractivity contribution < 1.29 is 4.39 Å². The summed E-state index contributed by atoms with van der Waals surface area (Å²) in [7, 11) is 0. The molecule has 4 aromatic rings. The number of rotatable bonds is 4. The molecule has 8 heteroatoms. The maximum absolute atomic E-state index is 16.3. The van der Waals surface area contributed by atoms with Crippen LogP contribution in [0.15, 0.2) is 18.7 Å². The average Bonchev–Trinajstić information content (AvgIpc) is 3.42. The van der Waals surface area contributed by atoms with Gasteiger partial charge >= 0.3 is 0 Å². The van der Waals surface area contributed by atoms with E-state index >= 15 is 4.39 Å². The number of pyridine rings is 2. The minimum atomic E-state index is -0.232. The van der Waals surface area contributed by atoms with E-state index < -0.39 is 0 Å². The first-order chi connectivity index (χ1) is 16.2. The Labute approximate surface area is 200 Å². The van der Waals surface area contributed by atoms with Crippen LogP contribution in [-0.4, -0.2) is 61.2 Å². The molecule has 4 aromatic heterocycles. The molecule has 1 atom stereocenters. The molecule has 34 heavy (non-hydrogen) atoms. The average molecular weight is 464 g/mol. The number of fused-ring (bicyclic) bond motifs is 2. The molecule has 0 aliphatic carbocycles. The normalized spacial score (nSPS) is 17.7. The van der Waals surface area contributed by atoms with Crippen molar-refractivity contribution in [1.82, 2.24) is 29.5 Å². The van der Waals surface area contributed by atoms with Crippen molar-refractivity contribution in [3.05, 3.63) is 41.2 Å². The quantitative estimate of drug-likeness (QED) is 0.458. The maximum Gasteiger partial charge on any atom is 0.175 e.